The highest BCUT2D eigenvalue weighted by Crippen LogP contribution is 2.16. The number of aromatic nitrogens is 1. The second kappa shape index (κ2) is 8.69. The summed E-state index contributed by atoms with van der Waals surface area (Å²) in [5.74, 6) is 0.862. The maximum absolute atomic E-state index is 12.9. The van der Waals surface area contributed by atoms with E-state index in [2.05, 4.69) is 37.0 Å². The fourth-order valence-corrected chi connectivity index (χ4v) is 3.25. The predicted molar refractivity (Wildman–Crippen MR) is 112 cm³/mol. The highest BCUT2D eigenvalue weighted by Gasteiger charge is 2.08. The van der Waals surface area contributed by atoms with Crippen molar-refractivity contribution >= 4 is 10.9 Å². The van der Waals surface area contributed by atoms with E-state index in [-0.39, 0.29) is 5.56 Å². The molecule has 3 aromatic rings. The summed E-state index contributed by atoms with van der Waals surface area (Å²) in [6.45, 7) is 7.72. The van der Waals surface area contributed by atoms with Gasteiger partial charge in [-0.15, -0.1) is 6.58 Å². The molecule has 1 N–H and O–H groups in total. The zero-order valence-corrected chi connectivity index (χ0v) is 16.0. The number of pyridine rings is 1. The molecule has 0 bridgehead atoms. The average Bonchev–Trinajstić information content (AvgIpc) is 2.68. The number of hydrogen-bond donors (Lipinski definition) is 1. The van der Waals surface area contributed by atoms with Crippen molar-refractivity contribution in [2.75, 3.05) is 13.7 Å². The van der Waals surface area contributed by atoms with Gasteiger partial charge in [-0.05, 0) is 61.2 Å². The Bertz CT molecular complexity index is 988. The smallest absolute Gasteiger partial charge is 0.255 e. The van der Waals surface area contributed by atoms with Gasteiger partial charge in [-0.25, -0.2) is 0 Å². The average molecular weight is 362 g/mol. The van der Waals surface area contributed by atoms with Gasteiger partial charge < -0.3 is 14.6 Å². The fourth-order valence-electron chi connectivity index (χ4n) is 3.25. The van der Waals surface area contributed by atoms with Gasteiger partial charge in [0.15, 0.2) is 0 Å². The fraction of sp³-hybridized carbons (Fsp3) is 0.261. The molecule has 0 unspecified atom stereocenters. The number of aryl methyl sites for hydroxylation is 1. The summed E-state index contributed by atoms with van der Waals surface area (Å²) in [6, 6.07) is 16.2. The first kappa shape index (κ1) is 18.9. The number of hydrogen-bond acceptors (Lipinski definition) is 3. The van der Waals surface area contributed by atoms with Crippen LogP contribution in [-0.2, 0) is 19.5 Å². The molecular formula is C23H26N2O2. The van der Waals surface area contributed by atoms with Gasteiger partial charge in [-0.3, -0.25) is 4.79 Å². The topological polar surface area (TPSA) is 43.3 Å². The monoisotopic (exact) mass is 362 g/mol. The number of methoxy groups -OCH3 is 1. The van der Waals surface area contributed by atoms with Gasteiger partial charge in [0.05, 0.1) is 12.6 Å². The van der Waals surface area contributed by atoms with Crippen LogP contribution in [-0.4, -0.2) is 18.2 Å². The number of ether oxygens (including phenoxy) is 1. The predicted octanol–water partition coefficient (Wildman–Crippen LogP) is 3.84. The Morgan fingerprint density at radius 3 is 2.63 bits per heavy atom. The van der Waals surface area contributed by atoms with E-state index in [1.165, 1.54) is 11.1 Å². The Morgan fingerprint density at radius 1 is 1.15 bits per heavy atom. The SMILES string of the molecule is C=CCn1c(=O)c(CNCCc2ccc(OC)cc2)cc2cc(C)ccc21. The lowest BCUT2D eigenvalue weighted by atomic mass is 10.1. The molecule has 3 rings (SSSR count). The van der Waals surface area contributed by atoms with E-state index < -0.39 is 0 Å². The first-order valence-corrected chi connectivity index (χ1v) is 9.20. The van der Waals surface area contributed by atoms with Gasteiger partial charge in [0.25, 0.3) is 5.56 Å². The molecule has 0 saturated carbocycles. The molecule has 1 aromatic heterocycles. The molecule has 4 heteroatoms. The van der Waals surface area contributed by atoms with E-state index in [1.807, 2.05) is 30.3 Å². The van der Waals surface area contributed by atoms with E-state index in [1.54, 1.807) is 17.8 Å². The summed E-state index contributed by atoms with van der Waals surface area (Å²) < 4.78 is 6.97. The van der Waals surface area contributed by atoms with Crippen molar-refractivity contribution in [2.24, 2.45) is 0 Å². The van der Waals surface area contributed by atoms with Crippen LogP contribution in [0.15, 0.2) is 66.0 Å². The second-order valence-corrected chi connectivity index (χ2v) is 6.71. The second-order valence-electron chi connectivity index (χ2n) is 6.71. The third-order valence-corrected chi connectivity index (χ3v) is 4.70. The van der Waals surface area contributed by atoms with Crippen LogP contribution >= 0.6 is 0 Å². The van der Waals surface area contributed by atoms with Crippen LogP contribution in [0.1, 0.15) is 16.7 Å². The number of allylic oxidation sites excluding steroid dienone is 1. The Morgan fingerprint density at radius 2 is 1.93 bits per heavy atom. The van der Waals surface area contributed by atoms with Crippen molar-refractivity contribution in [3.8, 4) is 5.75 Å². The van der Waals surface area contributed by atoms with E-state index in [4.69, 9.17) is 4.74 Å². The summed E-state index contributed by atoms with van der Waals surface area (Å²) >= 11 is 0. The standard InChI is InChI=1S/C23H26N2O2/c1-4-13-25-22-10-5-17(2)14-19(22)15-20(23(25)26)16-24-12-11-18-6-8-21(27-3)9-7-18/h4-10,14-15,24H,1,11-13,16H2,2-3H3. The van der Waals surface area contributed by atoms with Gasteiger partial charge in [-0.1, -0.05) is 29.8 Å². The molecule has 0 aliphatic heterocycles. The molecule has 0 spiro atoms. The molecule has 0 amide bonds. The third kappa shape index (κ3) is 4.47. The largest absolute Gasteiger partial charge is 0.497 e. The molecule has 0 saturated heterocycles. The minimum Gasteiger partial charge on any atom is -0.497 e. The van der Waals surface area contributed by atoms with Gasteiger partial charge in [-0.2, -0.15) is 0 Å². The van der Waals surface area contributed by atoms with Gasteiger partial charge in [0.2, 0.25) is 0 Å². The van der Waals surface area contributed by atoms with Gasteiger partial charge in [0, 0.05) is 18.7 Å². The van der Waals surface area contributed by atoms with E-state index in [9.17, 15) is 4.79 Å². The molecule has 4 nitrogen and oxygen atoms in total. The van der Waals surface area contributed by atoms with Crippen molar-refractivity contribution in [1.29, 1.82) is 0 Å². The first-order chi connectivity index (χ1) is 13.1. The van der Waals surface area contributed by atoms with Crippen LogP contribution in [0.4, 0.5) is 0 Å². The Kier molecular flexibility index (Phi) is 6.09. The number of fused-ring (bicyclic) bond motifs is 1. The maximum atomic E-state index is 12.9. The van der Waals surface area contributed by atoms with E-state index in [0.29, 0.717) is 13.1 Å². The summed E-state index contributed by atoms with van der Waals surface area (Å²) in [7, 11) is 1.67. The highest BCUT2D eigenvalue weighted by atomic mass is 16.5. The van der Waals surface area contributed by atoms with Crippen LogP contribution in [0.3, 0.4) is 0 Å². The molecule has 2 aromatic carbocycles. The van der Waals surface area contributed by atoms with Crippen LogP contribution in [0.5, 0.6) is 5.75 Å². The highest BCUT2D eigenvalue weighted by molar-refractivity contribution is 5.80. The number of rotatable bonds is 8. The van der Waals surface area contributed by atoms with E-state index >= 15 is 0 Å². The van der Waals surface area contributed by atoms with Gasteiger partial charge in [0.1, 0.15) is 5.75 Å². The molecule has 1 heterocycles. The Labute approximate surface area is 160 Å². The maximum Gasteiger partial charge on any atom is 0.255 e. The molecule has 0 aliphatic carbocycles. The summed E-state index contributed by atoms with van der Waals surface area (Å²) in [5.41, 5.74) is 4.20. The Hall–Kier alpha value is -2.85. The molecule has 0 fully saturated rings. The molecule has 0 aliphatic rings. The van der Waals surface area contributed by atoms with Crippen LogP contribution in [0.25, 0.3) is 10.9 Å². The zero-order chi connectivity index (χ0) is 19.2. The van der Waals surface area contributed by atoms with Crippen LogP contribution < -0.4 is 15.6 Å². The number of nitrogens with one attached hydrogen (secondary N) is 1. The van der Waals surface area contributed by atoms with Gasteiger partial charge >= 0.3 is 0 Å². The summed E-state index contributed by atoms with van der Waals surface area (Å²) in [6.07, 6.45) is 2.67. The van der Waals surface area contributed by atoms with Crippen LogP contribution in [0.2, 0.25) is 0 Å². The van der Waals surface area contributed by atoms with Crippen molar-refractivity contribution in [3.63, 3.8) is 0 Å². The molecule has 0 radical (unpaired) electrons. The minimum atomic E-state index is 0.0446. The lowest BCUT2D eigenvalue weighted by Gasteiger charge is -2.13. The molecule has 0 atom stereocenters. The lowest BCUT2D eigenvalue weighted by Crippen LogP contribution is -2.28. The van der Waals surface area contributed by atoms with Crippen LogP contribution in [0, 0.1) is 6.92 Å². The normalized spacial score (nSPS) is 10.9. The first-order valence-electron chi connectivity index (χ1n) is 9.20. The quantitative estimate of drug-likeness (QED) is 0.489. The number of benzene rings is 2. The lowest BCUT2D eigenvalue weighted by molar-refractivity contribution is 0.414. The summed E-state index contributed by atoms with van der Waals surface area (Å²) in [5, 5.41) is 4.48. The molecule has 27 heavy (non-hydrogen) atoms. The number of nitrogens with zero attached hydrogens (tertiary/aromatic N) is 1. The minimum absolute atomic E-state index is 0.0446. The van der Waals surface area contributed by atoms with E-state index in [0.717, 1.165) is 35.2 Å². The van der Waals surface area contributed by atoms with Crippen molar-refractivity contribution in [1.82, 2.24) is 9.88 Å². The van der Waals surface area contributed by atoms with Crippen molar-refractivity contribution in [2.45, 2.75) is 26.4 Å². The molecular weight excluding hydrogens is 336 g/mol. The summed E-state index contributed by atoms with van der Waals surface area (Å²) in [4.78, 5) is 12.9. The van der Waals surface area contributed by atoms with Crippen molar-refractivity contribution < 1.29 is 4.74 Å². The molecule has 140 valence electrons. The zero-order valence-electron chi connectivity index (χ0n) is 16.0. The van der Waals surface area contributed by atoms with Crippen molar-refractivity contribution in [3.05, 3.63) is 88.2 Å². The Balaban J connectivity index is 1.72. The third-order valence-electron chi connectivity index (χ3n) is 4.70.